The fourth-order valence-corrected chi connectivity index (χ4v) is 7.18. The van der Waals surface area contributed by atoms with Crippen molar-refractivity contribution in [3.05, 3.63) is 71.8 Å². The number of morpholine rings is 1. The highest BCUT2D eigenvalue weighted by Crippen LogP contribution is 2.31. The van der Waals surface area contributed by atoms with E-state index in [-0.39, 0.29) is 43.9 Å². The van der Waals surface area contributed by atoms with Gasteiger partial charge in [0.15, 0.2) is 0 Å². The average molecular weight is 881 g/mol. The van der Waals surface area contributed by atoms with Crippen molar-refractivity contribution in [1.82, 2.24) is 26.2 Å². The Morgan fingerprint density at radius 2 is 1.22 bits per heavy atom. The molecule has 16 heteroatoms. The number of oxime groups is 1. The Kier molecular flexibility index (Phi) is 22.5. The quantitative estimate of drug-likeness (QED) is 0.0391. The van der Waals surface area contributed by atoms with Crippen molar-refractivity contribution in [2.24, 2.45) is 17.0 Å². The molecule has 2 saturated heterocycles. The fourth-order valence-electron chi connectivity index (χ4n) is 7.18. The molecular weight excluding hydrogens is 809 g/mol. The van der Waals surface area contributed by atoms with Gasteiger partial charge in [-0.25, -0.2) is 0 Å². The molecule has 0 radical (unpaired) electrons. The van der Waals surface area contributed by atoms with Gasteiger partial charge in [-0.15, -0.1) is 0 Å². The molecule has 0 saturated carbocycles. The third-order valence-electron chi connectivity index (χ3n) is 10.7. The molecule has 2 fully saturated rings. The Balaban J connectivity index is 1.50. The van der Waals surface area contributed by atoms with E-state index in [0.717, 1.165) is 11.1 Å². The number of nitrogens with one attached hydrogen (secondary N) is 4. The van der Waals surface area contributed by atoms with E-state index in [9.17, 15) is 19.2 Å². The molecule has 4 rings (SSSR count). The summed E-state index contributed by atoms with van der Waals surface area (Å²) in [6.07, 6.45) is 1.88. The summed E-state index contributed by atoms with van der Waals surface area (Å²) in [6, 6.07) is 15.7. The predicted octanol–water partition coefficient (Wildman–Crippen LogP) is 3.07. The molecular formula is C47H72N6O10. The summed E-state index contributed by atoms with van der Waals surface area (Å²) in [5.74, 6) is -1.51. The zero-order valence-electron chi connectivity index (χ0n) is 38.2. The molecule has 2 aliphatic rings. The highest BCUT2D eigenvalue weighted by atomic mass is 16.6. The lowest BCUT2D eigenvalue weighted by Crippen LogP contribution is -2.59. The first-order chi connectivity index (χ1) is 30.4. The minimum Gasteiger partial charge on any atom is -0.393 e. The van der Waals surface area contributed by atoms with Gasteiger partial charge in [-0.3, -0.25) is 24.1 Å². The van der Waals surface area contributed by atoms with Crippen molar-refractivity contribution in [1.29, 1.82) is 0 Å². The fraction of sp³-hybridized carbons (Fsp3) is 0.638. The Bertz CT molecular complexity index is 1690. The lowest BCUT2D eigenvalue weighted by atomic mass is 9.92. The molecule has 5 atom stereocenters. The van der Waals surface area contributed by atoms with Crippen LogP contribution in [0.5, 0.6) is 0 Å². The number of methoxy groups -OCH3 is 1. The number of ether oxygens (including phenoxy) is 5. The molecule has 0 aromatic heterocycles. The zero-order chi connectivity index (χ0) is 45.5. The minimum absolute atomic E-state index is 0.00855. The smallest absolute Gasteiger partial charge is 0.243 e. The van der Waals surface area contributed by atoms with Crippen LogP contribution in [0.25, 0.3) is 0 Å². The van der Waals surface area contributed by atoms with Gasteiger partial charge in [-0.2, -0.15) is 0 Å². The van der Waals surface area contributed by atoms with Gasteiger partial charge in [-0.1, -0.05) is 93.5 Å². The van der Waals surface area contributed by atoms with E-state index in [1.54, 1.807) is 7.11 Å². The van der Waals surface area contributed by atoms with E-state index >= 15 is 0 Å². The number of nitrogens with zero attached hydrogens (tertiary/aromatic N) is 2. The lowest BCUT2D eigenvalue weighted by molar-refractivity contribution is -0.134. The average Bonchev–Trinajstić information content (AvgIpc) is 4.01. The highest BCUT2D eigenvalue weighted by Gasteiger charge is 2.49. The Labute approximate surface area is 373 Å². The van der Waals surface area contributed by atoms with E-state index in [0.29, 0.717) is 90.7 Å². The molecule has 0 bridgehead atoms. The Hall–Kier alpha value is -4.45. The summed E-state index contributed by atoms with van der Waals surface area (Å²) in [7, 11) is 1.62. The van der Waals surface area contributed by atoms with E-state index in [1.165, 1.54) is 0 Å². The van der Waals surface area contributed by atoms with Crippen LogP contribution in [0, 0.1) is 11.8 Å². The van der Waals surface area contributed by atoms with Crippen LogP contribution in [-0.2, 0) is 60.5 Å². The van der Waals surface area contributed by atoms with Crippen LogP contribution in [0.15, 0.2) is 65.8 Å². The molecule has 0 unspecified atom stereocenters. The van der Waals surface area contributed by atoms with Crippen molar-refractivity contribution in [2.45, 2.75) is 96.5 Å². The molecule has 2 heterocycles. The van der Waals surface area contributed by atoms with Crippen molar-refractivity contribution in [3.8, 4) is 0 Å². The van der Waals surface area contributed by atoms with Gasteiger partial charge in [0.25, 0.3) is 0 Å². The van der Waals surface area contributed by atoms with Crippen molar-refractivity contribution < 1.29 is 47.7 Å². The SMILES string of the molecule is COCCOCCOCCO/N=C(/[C@H](CC(C)C)NC(=O)[C@H](Cc1ccccc1)NC(=O)[C@H](CC(C)C)NC(=O)[C@H](CCc1ccccc1)NC(=O)CN1CCOCC1)[C@@]1(C)CO1. The van der Waals surface area contributed by atoms with Crippen molar-refractivity contribution in [2.75, 3.05) is 86.2 Å². The Morgan fingerprint density at radius 1 is 0.698 bits per heavy atom. The summed E-state index contributed by atoms with van der Waals surface area (Å²) in [6.45, 7) is 15.1. The lowest BCUT2D eigenvalue weighted by Gasteiger charge is -2.29. The van der Waals surface area contributed by atoms with Crippen LogP contribution in [0.3, 0.4) is 0 Å². The van der Waals surface area contributed by atoms with Crippen LogP contribution < -0.4 is 21.3 Å². The van der Waals surface area contributed by atoms with Gasteiger partial charge in [0.1, 0.15) is 36.0 Å². The van der Waals surface area contributed by atoms with E-state index in [4.69, 9.17) is 28.5 Å². The highest BCUT2D eigenvalue weighted by molar-refractivity contribution is 6.01. The van der Waals surface area contributed by atoms with Crippen molar-refractivity contribution in [3.63, 3.8) is 0 Å². The molecule has 0 aliphatic carbocycles. The van der Waals surface area contributed by atoms with Crippen LogP contribution in [0.4, 0.5) is 0 Å². The van der Waals surface area contributed by atoms with Gasteiger partial charge in [-0.05, 0) is 55.6 Å². The molecule has 63 heavy (non-hydrogen) atoms. The number of epoxide rings is 1. The third-order valence-corrected chi connectivity index (χ3v) is 10.7. The molecule has 2 aromatic rings. The summed E-state index contributed by atoms with van der Waals surface area (Å²) < 4.78 is 27.3. The first-order valence-corrected chi connectivity index (χ1v) is 22.4. The molecule has 0 spiro atoms. The maximum Gasteiger partial charge on any atom is 0.243 e. The number of carbonyl (C=O) groups excluding carboxylic acids is 4. The number of carbonyl (C=O) groups is 4. The molecule has 350 valence electrons. The van der Waals surface area contributed by atoms with Crippen molar-refractivity contribution >= 4 is 29.3 Å². The number of benzene rings is 2. The van der Waals surface area contributed by atoms with E-state index in [2.05, 4.69) is 40.3 Å². The van der Waals surface area contributed by atoms with Gasteiger partial charge >= 0.3 is 0 Å². The standard InChI is InChI=1S/C47H72N6O10/c1-34(2)29-39(43(47(5)33-62-47)52-63-28-27-61-26-25-60-24-23-58-6)49-46(57)41(31-37-15-11-8-12-16-37)51-45(56)40(30-35(3)4)50-44(55)38(18-17-36-13-9-7-10-14-36)48-42(54)32-53-19-21-59-22-20-53/h7-16,34-35,38-41H,17-33H2,1-6H3,(H,48,54)(H,49,57)(H,50,55)(H,51,56)/b52-43-/t38-,39-,40-,41-,47+/m0/s1. The number of hydrogen-bond acceptors (Lipinski definition) is 12. The van der Waals surface area contributed by atoms with E-state index < -0.39 is 47.5 Å². The molecule has 2 aliphatic heterocycles. The monoisotopic (exact) mass is 881 g/mol. The zero-order valence-corrected chi connectivity index (χ0v) is 38.2. The molecule has 16 nitrogen and oxygen atoms in total. The first-order valence-electron chi connectivity index (χ1n) is 22.4. The van der Waals surface area contributed by atoms with Gasteiger partial charge in [0.2, 0.25) is 23.6 Å². The summed E-state index contributed by atoms with van der Waals surface area (Å²) in [5.41, 5.74) is 1.67. The van der Waals surface area contributed by atoms with E-state index in [1.807, 2.05) is 86.3 Å². The second-order valence-electron chi connectivity index (χ2n) is 17.2. The van der Waals surface area contributed by atoms with Gasteiger partial charge in [0.05, 0.1) is 65.4 Å². The Morgan fingerprint density at radius 3 is 1.83 bits per heavy atom. The first kappa shape index (κ1) is 51.2. The second-order valence-corrected chi connectivity index (χ2v) is 17.2. The maximum atomic E-state index is 14.5. The second kappa shape index (κ2) is 27.7. The molecule has 4 N–H and O–H groups in total. The predicted molar refractivity (Wildman–Crippen MR) is 240 cm³/mol. The third kappa shape index (κ3) is 19.5. The maximum absolute atomic E-state index is 14.5. The molecule has 4 amide bonds. The van der Waals surface area contributed by atoms with Crippen LogP contribution >= 0.6 is 0 Å². The van der Waals surface area contributed by atoms with Crippen LogP contribution in [-0.4, -0.2) is 150 Å². The summed E-state index contributed by atoms with van der Waals surface area (Å²) >= 11 is 0. The summed E-state index contributed by atoms with van der Waals surface area (Å²) in [5, 5.41) is 16.6. The topological polar surface area (TPSA) is 191 Å². The van der Waals surface area contributed by atoms with Gasteiger partial charge < -0.3 is 49.8 Å². The largest absolute Gasteiger partial charge is 0.393 e. The molecule has 2 aromatic carbocycles. The number of amides is 4. The normalized spacial score (nSPS) is 18.6. The number of hydrogen-bond donors (Lipinski definition) is 4. The summed E-state index contributed by atoms with van der Waals surface area (Å²) in [4.78, 5) is 64.1. The number of aryl methyl sites for hydroxylation is 1. The van der Waals surface area contributed by atoms with Gasteiger partial charge in [0, 0.05) is 26.6 Å². The van der Waals surface area contributed by atoms with Crippen LogP contribution in [0.2, 0.25) is 0 Å². The number of rotatable bonds is 30. The van der Waals surface area contributed by atoms with Crippen LogP contribution in [0.1, 0.15) is 65.0 Å². The minimum atomic E-state index is -1.02.